The number of para-hydroxylation sites is 1. The molecule has 30 heavy (non-hydrogen) atoms. The Kier molecular flexibility index (Phi) is 6.90. The van der Waals surface area contributed by atoms with Crippen LogP contribution in [0.5, 0.6) is 0 Å². The molecule has 1 saturated carbocycles. The first-order valence-corrected chi connectivity index (χ1v) is 11.9. The van der Waals surface area contributed by atoms with Gasteiger partial charge in [-0.05, 0) is 37.8 Å². The number of halogens is 3. The summed E-state index contributed by atoms with van der Waals surface area (Å²) in [6.07, 6.45) is 4.28. The Morgan fingerprint density at radius 1 is 1.00 bits per heavy atom. The Balaban J connectivity index is 1.35. The molecule has 0 radical (unpaired) electrons. The van der Waals surface area contributed by atoms with Gasteiger partial charge in [0.1, 0.15) is 10.2 Å². The van der Waals surface area contributed by atoms with E-state index in [9.17, 15) is 0 Å². The van der Waals surface area contributed by atoms with E-state index in [1.165, 1.54) is 11.3 Å². The standard InChI is InChI=1S/C21H24Cl3N5S/c1-29(2)20-14-5-3-4-6-15(14)27-21(28-20)26-13-9-7-12(8-10-13)25-11-16-17(22)18(23)19(24)30-16/h3-6,12-13,25H,7-11H2,1-2H3,(H,26,27,28)/t12-,13+. The van der Waals surface area contributed by atoms with Crippen LogP contribution in [0.15, 0.2) is 24.3 Å². The number of rotatable bonds is 6. The van der Waals surface area contributed by atoms with Crippen LogP contribution in [0.3, 0.4) is 0 Å². The SMILES string of the molecule is CN(C)c1nc(N[C@H]2CC[C@@H](NCc3sc(Cl)c(Cl)c3Cl)CC2)nc2ccccc12. The molecule has 1 aliphatic rings. The van der Waals surface area contributed by atoms with Gasteiger partial charge in [0.25, 0.3) is 0 Å². The zero-order valence-electron chi connectivity index (χ0n) is 16.9. The lowest BCUT2D eigenvalue weighted by atomic mass is 9.91. The van der Waals surface area contributed by atoms with Crippen LogP contribution >= 0.6 is 46.1 Å². The molecule has 0 amide bonds. The molecule has 9 heteroatoms. The summed E-state index contributed by atoms with van der Waals surface area (Å²) in [5, 5.41) is 9.24. The summed E-state index contributed by atoms with van der Waals surface area (Å²) in [5.41, 5.74) is 0.958. The van der Waals surface area contributed by atoms with Crippen molar-refractivity contribution >= 4 is 68.8 Å². The van der Waals surface area contributed by atoms with E-state index in [-0.39, 0.29) is 0 Å². The molecule has 1 aliphatic carbocycles. The average molecular weight is 485 g/mol. The highest BCUT2D eigenvalue weighted by Gasteiger charge is 2.23. The largest absolute Gasteiger partial charge is 0.362 e. The fourth-order valence-corrected chi connectivity index (χ4v) is 5.64. The lowest BCUT2D eigenvalue weighted by Gasteiger charge is -2.30. The van der Waals surface area contributed by atoms with Crippen LogP contribution in [0.2, 0.25) is 14.4 Å². The quantitative estimate of drug-likeness (QED) is 0.434. The lowest BCUT2D eigenvalue weighted by molar-refractivity contribution is 0.353. The Morgan fingerprint density at radius 2 is 1.70 bits per heavy atom. The van der Waals surface area contributed by atoms with E-state index >= 15 is 0 Å². The van der Waals surface area contributed by atoms with Crippen LogP contribution in [0.1, 0.15) is 30.6 Å². The summed E-state index contributed by atoms with van der Waals surface area (Å²) >= 11 is 19.8. The van der Waals surface area contributed by atoms with Gasteiger partial charge >= 0.3 is 0 Å². The second-order valence-corrected chi connectivity index (χ2v) is 10.2. The van der Waals surface area contributed by atoms with Crippen molar-refractivity contribution in [2.45, 2.75) is 44.3 Å². The molecule has 0 spiro atoms. The molecule has 0 aliphatic heterocycles. The zero-order valence-corrected chi connectivity index (χ0v) is 20.0. The Hall–Kier alpha value is -1.31. The minimum Gasteiger partial charge on any atom is -0.362 e. The van der Waals surface area contributed by atoms with Gasteiger partial charge in [-0.3, -0.25) is 0 Å². The lowest BCUT2D eigenvalue weighted by Crippen LogP contribution is -2.36. The maximum absolute atomic E-state index is 6.25. The molecular formula is C21H24Cl3N5S. The van der Waals surface area contributed by atoms with Crippen LogP contribution in [0.25, 0.3) is 10.9 Å². The average Bonchev–Trinajstić information content (AvgIpc) is 2.99. The number of benzene rings is 1. The number of fused-ring (bicyclic) bond motifs is 1. The Morgan fingerprint density at radius 3 is 2.37 bits per heavy atom. The molecule has 2 heterocycles. The van der Waals surface area contributed by atoms with Crippen molar-refractivity contribution in [1.82, 2.24) is 15.3 Å². The second-order valence-electron chi connectivity index (χ2n) is 7.78. The summed E-state index contributed by atoms with van der Waals surface area (Å²) < 4.78 is 0.554. The Labute approximate surface area is 195 Å². The first-order chi connectivity index (χ1) is 14.4. The van der Waals surface area contributed by atoms with E-state index in [0.717, 1.165) is 47.3 Å². The topological polar surface area (TPSA) is 53.1 Å². The van der Waals surface area contributed by atoms with Crippen LogP contribution in [0, 0.1) is 0 Å². The third kappa shape index (κ3) is 4.78. The van der Waals surface area contributed by atoms with Crippen LogP contribution in [0.4, 0.5) is 11.8 Å². The van der Waals surface area contributed by atoms with Gasteiger partial charge < -0.3 is 15.5 Å². The van der Waals surface area contributed by atoms with Crippen molar-refractivity contribution in [3.63, 3.8) is 0 Å². The number of anilines is 2. The number of aromatic nitrogens is 2. The van der Waals surface area contributed by atoms with Crippen molar-refractivity contribution in [3.05, 3.63) is 43.5 Å². The molecule has 1 aromatic carbocycles. The van der Waals surface area contributed by atoms with E-state index in [4.69, 9.17) is 44.8 Å². The molecule has 1 fully saturated rings. The smallest absolute Gasteiger partial charge is 0.225 e. The summed E-state index contributed by atoms with van der Waals surface area (Å²) in [6.45, 7) is 0.693. The van der Waals surface area contributed by atoms with E-state index < -0.39 is 0 Å². The van der Waals surface area contributed by atoms with Crippen LogP contribution in [-0.4, -0.2) is 36.1 Å². The number of thiophene rings is 1. The summed E-state index contributed by atoms with van der Waals surface area (Å²) in [4.78, 5) is 12.5. The predicted molar refractivity (Wildman–Crippen MR) is 130 cm³/mol. The maximum Gasteiger partial charge on any atom is 0.225 e. The highest BCUT2D eigenvalue weighted by Crippen LogP contribution is 2.40. The maximum atomic E-state index is 6.25. The number of nitrogens with one attached hydrogen (secondary N) is 2. The summed E-state index contributed by atoms with van der Waals surface area (Å²) in [7, 11) is 4.02. The van der Waals surface area contributed by atoms with Gasteiger partial charge in [0.05, 0.1) is 15.6 Å². The molecule has 0 saturated heterocycles. The van der Waals surface area contributed by atoms with Crippen molar-refractivity contribution < 1.29 is 0 Å². The molecule has 2 N–H and O–H groups in total. The first-order valence-electron chi connectivity index (χ1n) is 9.98. The molecule has 0 bridgehead atoms. The van der Waals surface area contributed by atoms with Gasteiger partial charge in [-0.15, -0.1) is 11.3 Å². The minimum atomic E-state index is 0.369. The highest BCUT2D eigenvalue weighted by atomic mass is 35.5. The molecule has 0 unspecified atom stereocenters. The van der Waals surface area contributed by atoms with Crippen molar-refractivity contribution in [3.8, 4) is 0 Å². The van der Waals surface area contributed by atoms with Gasteiger partial charge in [0.2, 0.25) is 5.95 Å². The van der Waals surface area contributed by atoms with Gasteiger partial charge in [0.15, 0.2) is 0 Å². The van der Waals surface area contributed by atoms with Gasteiger partial charge in [0, 0.05) is 43.0 Å². The number of hydrogen-bond acceptors (Lipinski definition) is 6. The van der Waals surface area contributed by atoms with Gasteiger partial charge in [-0.25, -0.2) is 4.98 Å². The summed E-state index contributed by atoms with van der Waals surface area (Å²) in [6, 6.07) is 8.94. The van der Waals surface area contributed by atoms with Gasteiger partial charge in [-0.1, -0.05) is 46.9 Å². The normalized spacial score (nSPS) is 19.2. The van der Waals surface area contributed by atoms with Crippen molar-refractivity contribution in [2.24, 2.45) is 0 Å². The fourth-order valence-electron chi connectivity index (χ4n) is 3.85. The second kappa shape index (κ2) is 9.45. The molecule has 160 valence electrons. The number of nitrogens with zero attached hydrogens (tertiary/aromatic N) is 3. The molecule has 3 aromatic rings. The third-order valence-corrected chi connectivity index (χ3v) is 8.05. The monoisotopic (exact) mass is 483 g/mol. The van der Waals surface area contributed by atoms with E-state index in [1.54, 1.807) is 0 Å². The third-order valence-electron chi connectivity index (χ3n) is 5.44. The van der Waals surface area contributed by atoms with Crippen LogP contribution in [-0.2, 0) is 6.54 Å². The van der Waals surface area contributed by atoms with Crippen molar-refractivity contribution in [1.29, 1.82) is 0 Å². The first kappa shape index (κ1) is 21.9. The fraction of sp³-hybridized carbons (Fsp3) is 0.429. The van der Waals surface area contributed by atoms with Gasteiger partial charge in [-0.2, -0.15) is 4.98 Å². The molecule has 4 rings (SSSR count). The Bertz CT molecular complexity index is 1030. The predicted octanol–water partition coefficient (Wildman–Crippen LogP) is 6.23. The highest BCUT2D eigenvalue weighted by molar-refractivity contribution is 7.17. The van der Waals surface area contributed by atoms with E-state index in [1.807, 2.05) is 37.2 Å². The van der Waals surface area contributed by atoms with E-state index in [2.05, 4.69) is 16.7 Å². The molecule has 2 aromatic heterocycles. The summed E-state index contributed by atoms with van der Waals surface area (Å²) in [5.74, 6) is 1.63. The van der Waals surface area contributed by atoms with Crippen molar-refractivity contribution in [2.75, 3.05) is 24.3 Å². The zero-order chi connectivity index (χ0) is 21.3. The minimum absolute atomic E-state index is 0.369. The number of hydrogen-bond donors (Lipinski definition) is 2. The molecule has 0 atom stereocenters. The molecule has 5 nitrogen and oxygen atoms in total. The van der Waals surface area contributed by atoms with E-state index in [0.29, 0.717) is 39.0 Å². The van der Waals surface area contributed by atoms with Crippen LogP contribution < -0.4 is 15.5 Å². The molecular weight excluding hydrogens is 461 g/mol.